The second-order valence-electron chi connectivity index (χ2n) is 7.61. The van der Waals surface area contributed by atoms with Crippen LogP contribution < -0.4 is 14.4 Å². The number of benzene rings is 2. The second kappa shape index (κ2) is 9.36. The smallest absolute Gasteiger partial charge is 0.253 e. The van der Waals surface area contributed by atoms with Crippen molar-refractivity contribution in [2.75, 3.05) is 45.3 Å². The first-order valence-electron chi connectivity index (χ1n) is 10.3. The fourth-order valence-corrected chi connectivity index (χ4v) is 5.60. The SMILES string of the molecule is COc1ccc(OC)c2sc(N3CCN(C(=O)c4ccc(SC(C)C)cc4)CC3)nc12. The number of aromatic nitrogens is 1. The molecule has 0 N–H and O–H groups in total. The average molecular weight is 458 g/mol. The predicted octanol–water partition coefficient (Wildman–Crippen LogP) is 4.78. The van der Waals surface area contributed by atoms with Crippen LogP contribution in [0.4, 0.5) is 5.13 Å². The molecular formula is C23H27N3O3S2. The summed E-state index contributed by atoms with van der Waals surface area (Å²) >= 11 is 3.40. The van der Waals surface area contributed by atoms with Crippen LogP contribution in [0.3, 0.4) is 0 Å². The Labute approximate surface area is 191 Å². The van der Waals surface area contributed by atoms with Crippen LogP contribution in [-0.2, 0) is 0 Å². The number of hydrogen-bond donors (Lipinski definition) is 0. The Morgan fingerprint density at radius 3 is 2.26 bits per heavy atom. The van der Waals surface area contributed by atoms with E-state index in [9.17, 15) is 4.79 Å². The highest BCUT2D eigenvalue weighted by Crippen LogP contribution is 2.40. The predicted molar refractivity (Wildman–Crippen MR) is 128 cm³/mol. The van der Waals surface area contributed by atoms with E-state index in [0.717, 1.165) is 45.5 Å². The van der Waals surface area contributed by atoms with Crippen molar-refractivity contribution >= 4 is 44.4 Å². The highest BCUT2D eigenvalue weighted by atomic mass is 32.2. The Hall–Kier alpha value is -2.45. The minimum absolute atomic E-state index is 0.0911. The zero-order valence-electron chi connectivity index (χ0n) is 18.3. The van der Waals surface area contributed by atoms with Gasteiger partial charge in [-0.25, -0.2) is 4.98 Å². The molecule has 0 saturated carbocycles. The van der Waals surface area contributed by atoms with Crippen LogP contribution in [0.2, 0.25) is 0 Å². The number of thiazole rings is 1. The van der Waals surface area contributed by atoms with E-state index < -0.39 is 0 Å². The van der Waals surface area contributed by atoms with E-state index in [-0.39, 0.29) is 5.91 Å². The topological polar surface area (TPSA) is 54.9 Å². The first-order chi connectivity index (χ1) is 15.0. The molecule has 1 aliphatic rings. The zero-order valence-corrected chi connectivity index (χ0v) is 19.9. The van der Waals surface area contributed by atoms with Gasteiger partial charge >= 0.3 is 0 Å². The Balaban J connectivity index is 1.44. The van der Waals surface area contributed by atoms with Crippen LogP contribution >= 0.6 is 23.1 Å². The molecular weight excluding hydrogens is 430 g/mol. The summed E-state index contributed by atoms with van der Waals surface area (Å²) in [6, 6.07) is 11.7. The Morgan fingerprint density at radius 1 is 1.00 bits per heavy atom. The number of rotatable bonds is 6. The standard InChI is InChI=1S/C23H27N3O3S2/c1-15(2)30-17-7-5-16(6-8-17)22(27)25-11-13-26(14-12-25)23-24-20-18(28-3)9-10-19(29-4)21(20)31-23/h5-10,15H,11-14H2,1-4H3. The number of nitrogens with zero attached hydrogens (tertiary/aromatic N) is 3. The van der Waals surface area contributed by atoms with Gasteiger partial charge in [-0.3, -0.25) is 4.79 Å². The van der Waals surface area contributed by atoms with Gasteiger partial charge in [0.2, 0.25) is 0 Å². The van der Waals surface area contributed by atoms with Crippen LogP contribution in [0.15, 0.2) is 41.3 Å². The molecule has 2 aromatic carbocycles. The molecule has 1 fully saturated rings. The molecule has 2 heterocycles. The molecule has 0 spiro atoms. The van der Waals surface area contributed by atoms with Crippen molar-refractivity contribution in [1.82, 2.24) is 9.88 Å². The first kappa shape index (κ1) is 21.8. The van der Waals surface area contributed by atoms with Crippen LogP contribution in [0, 0.1) is 0 Å². The maximum atomic E-state index is 12.9. The lowest BCUT2D eigenvalue weighted by Crippen LogP contribution is -2.48. The fraction of sp³-hybridized carbons (Fsp3) is 0.391. The number of methoxy groups -OCH3 is 2. The van der Waals surface area contributed by atoms with Crippen molar-refractivity contribution in [2.24, 2.45) is 0 Å². The average Bonchev–Trinajstić information content (AvgIpc) is 3.24. The lowest BCUT2D eigenvalue weighted by atomic mass is 10.2. The van der Waals surface area contributed by atoms with Crippen molar-refractivity contribution in [3.05, 3.63) is 42.0 Å². The van der Waals surface area contributed by atoms with Gasteiger partial charge in [-0.2, -0.15) is 0 Å². The van der Waals surface area contributed by atoms with Crippen molar-refractivity contribution in [3.8, 4) is 11.5 Å². The zero-order chi connectivity index (χ0) is 22.0. The molecule has 0 radical (unpaired) electrons. The third-order valence-corrected chi connectivity index (χ3v) is 7.36. The van der Waals surface area contributed by atoms with Crippen LogP contribution in [0.25, 0.3) is 10.2 Å². The van der Waals surface area contributed by atoms with Gasteiger partial charge < -0.3 is 19.3 Å². The molecule has 8 heteroatoms. The summed E-state index contributed by atoms with van der Waals surface area (Å²) < 4.78 is 11.9. The van der Waals surface area contributed by atoms with E-state index in [2.05, 4.69) is 18.7 Å². The van der Waals surface area contributed by atoms with Gasteiger partial charge in [-0.05, 0) is 36.4 Å². The number of anilines is 1. The van der Waals surface area contributed by atoms with Crippen LogP contribution in [0.5, 0.6) is 11.5 Å². The third-order valence-electron chi connectivity index (χ3n) is 5.21. The molecule has 0 unspecified atom stereocenters. The van der Waals surface area contributed by atoms with Gasteiger partial charge in [-0.1, -0.05) is 25.2 Å². The van der Waals surface area contributed by atoms with Gasteiger partial charge in [0.25, 0.3) is 5.91 Å². The molecule has 164 valence electrons. The monoisotopic (exact) mass is 457 g/mol. The molecule has 1 aliphatic heterocycles. The molecule has 0 aliphatic carbocycles. The number of carbonyl (C=O) groups excluding carboxylic acids is 1. The van der Waals surface area contributed by atoms with Crippen LogP contribution in [0.1, 0.15) is 24.2 Å². The lowest BCUT2D eigenvalue weighted by Gasteiger charge is -2.34. The Bertz CT molecular complexity index is 1020. The lowest BCUT2D eigenvalue weighted by molar-refractivity contribution is 0.0746. The molecule has 0 bridgehead atoms. The van der Waals surface area contributed by atoms with Gasteiger partial charge in [0.15, 0.2) is 5.13 Å². The van der Waals surface area contributed by atoms with Crippen molar-refractivity contribution in [2.45, 2.75) is 24.0 Å². The van der Waals surface area contributed by atoms with E-state index in [1.807, 2.05) is 41.3 Å². The van der Waals surface area contributed by atoms with Gasteiger partial charge in [-0.15, -0.1) is 11.8 Å². The molecule has 0 atom stereocenters. The number of fused-ring (bicyclic) bond motifs is 1. The number of amides is 1. The third kappa shape index (κ3) is 4.60. The fourth-order valence-electron chi connectivity index (χ4n) is 3.64. The summed E-state index contributed by atoms with van der Waals surface area (Å²) in [4.78, 5) is 23.1. The van der Waals surface area contributed by atoms with Crippen LogP contribution in [-0.4, -0.2) is 61.4 Å². The molecule has 1 aromatic heterocycles. The van der Waals surface area contributed by atoms with Gasteiger partial charge in [0, 0.05) is 41.9 Å². The highest BCUT2D eigenvalue weighted by Gasteiger charge is 2.25. The summed E-state index contributed by atoms with van der Waals surface area (Å²) in [6.45, 7) is 7.17. The molecule has 31 heavy (non-hydrogen) atoms. The largest absolute Gasteiger partial charge is 0.495 e. The normalized spacial score (nSPS) is 14.4. The molecule has 1 saturated heterocycles. The number of carbonyl (C=O) groups is 1. The van der Waals surface area contributed by atoms with Gasteiger partial charge in [0.05, 0.1) is 14.2 Å². The molecule has 4 rings (SSSR count). The van der Waals surface area contributed by atoms with E-state index in [1.165, 1.54) is 4.90 Å². The van der Waals surface area contributed by atoms with E-state index in [1.54, 1.807) is 37.3 Å². The van der Waals surface area contributed by atoms with E-state index >= 15 is 0 Å². The number of piperazine rings is 1. The first-order valence-corrected chi connectivity index (χ1v) is 12.0. The van der Waals surface area contributed by atoms with Crippen molar-refractivity contribution < 1.29 is 14.3 Å². The molecule has 6 nitrogen and oxygen atoms in total. The summed E-state index contributed by atoms with van der Waals surface area (Å²) in [7, 11) is 3.32. The van der Waals surface area contributed by atoms with E-state index in [4.69, 9.17) is 14.5 Å². The number of hydrogen-bond acceptors (Lipinski definition) is 7. The second-order valence-corrected chi connectivity index (χ2v) is 10.2. The Morgan fingerprint density at radius 2 is 1.65 bits per heavy atom. The summed E-state index contributed by atoms with van der Waals surface area (Å²) in [5.41, 5.74) is 1.57. The minimum Gasteiger partial charge on any atom is -0.495 e. The maximum Gasteiger partial charge on any atom is 0.253 e. The van der Waals surface area contributed by atoms with Crippen molar-refractivity contribution in [1.29, 1.82) is 0 Å². The summed E-state index contributed by atoms with van der Waals surface area (Å²) in [5, 5.41) is 1.46. The Kier molecular flexibility index (Phi) is 6.57. The van der Waals surface area contributed by atoms with Crippen molar-refractivity contribution in [3.63, 3.8) is 0 Å². The van der Waals surface area contributed by atoms with E-state index in [0.29, 0.717) is 18.3 Å². The summed E-state index contributed by atoms with van der Waals surface area (Å²) in [6.07, 6.45) is 0. The molecule has 3 aromatic rings. The maximum absolute atomic E-state index is 12.9. The summed E-state index contributed by atoms with van der Waals surface area (Å²) in [5.74, 6) is 1.63. The number of ether oxygens (including phenoxy) is 2. The van der Waals surface area contributed by atoms with Gasteiger partial charge in [0.1, 0.15) is 21.7 Å². The number of thioether (sulfide) groups is 1. The highest BCUT2D eigenvalue weighted by molar-refractivity contribution is 7.99. The molecule has 1 amide bonds. The minimum atomic E-state index is 0.0911. The quantitative estimate of drug-likeness (QED) is 0.497.